The normalized spacial score (nSPS) is 18.1. The fourth-order valence-corrected chi connectivity index (χ4v) is 4.30. The first-order valence-electron chi connectivity index (χ1n) is 9.72. The fourth-order valence-electron chi connectivity index (χ4n) is 3.62. The first kappa shape index (κ1) is 20.2. The number of hydrogen-bond acceptors (Lipinski definition) is 6. The number of nitrogens with one attached hydrogen (secondary N) is 1. The maximum atomic E-state index is 12.9. The molecule has 30 heavy (non-hydrogen) atoms. The first-order valence-corrected chi connectivity index (χ1v) is 10.5. The second kappa shape index (κ2) is 8.73. The zero-order valence-corrected chi connectivity index (χ0v) is 17.2. The molecule has 0 unspecified atom stereocenters. The van der Waals surface area contributed by atoms with Crippen molar-refractivity contribution in [3.8, 4) is 0 Å². The van der Waals surface area contributed by atoms with Crippen LogP contribution in [0.25, 0.3) is 6.08 Å². The fraction of sp³-hybridized carbons (Fsp3) is 0.227. The molecule has 2 saturated heterocycles. The molecule has 2 fully saturated rings. The highest BCUT2D eigenvalue weighted by atomic mass is 32.2. The monoisotopic (exact) mass is 422 g/mol. The van der Waals surface area contributed by atoms with Gasteiger partial charge in [-0.25, -0.2) is 0 Å². The summed E-state index contributed by atoms with van der Waals surface area (Å²) in [6.45, 7) is 2.97. The number of thioether (sulfide) groups is 1. The maximum absolute atomic E-state index is 12.9. The van der Waals surface area contributed by atoms with E-state index in [0.717, 1.165) is 28.6 Å². The number of nitrogens with zero attached hydrogens (tertiary/aromatic N) is 2. The molecule has 4 rings (SSSR count). The van der Waals surface area contributed by atoms with E-state index in [0.29, 0.717) is 43.2 Å². The quantitative estimate of drug-likeness (QED) is 0.735. The van der Waals surface area contributed by atoms with E-state index < -0.39 is 0 Å². The van der Waals surface area contributed by atoms with Crippen LogP contribution >= 0.6 is 11.8 Å². The highest BCUT2D eigenvalue weighted by Crippen LogP contribution is 2.30. The summed E-state index contributed by atoms with van der Waals surface area (Å²) >= 11 is 0.910. The van der Waals surface area contributed by atoms with Crippen LogP contribution in [0.15, 0.2) is 53.4 Å². The van der Waals surface area contributed by atoms with E-state index in [4.69, 9.17) is 5.73 Å². The van der Waals surface area contributed by atoms with Crippen LogP contribution in [-0.4, -0.2) is 48.1 Å². The number of imide groups is 1. The van der Waals surface area contributed by atoms with Crippen LogP contribution in [0.4, 0.5) is 10.5 Å². The van der Waals surface area contributed by atoms with E-state index in [1.54, 1.807) is 6.08 Å². The second-order valence-corrected chi connectivity index (χ2v) is 8.11. The second-order valence-electron chi connectivity index (χ2n) is 7.09. The van der Waals surface area contributed by atoms with Gasteiger partial charge in [-0.3, -0.25) is 19.7 Å². The summed E-state index contributed by atoms with van der Waals surface area (Å²) in [4.78, 5) is 40.6. The topological polar surface area (TPSA) is 95.7 Å². The molecule has 0 atom stereocenters. The van der Waals surface area contributed by atoms with Crippen molar-refractivity contribution in [1.82, 2.24) is 10.2 Å². The van der Waals surface area contributed by atoms with E-state index in [2.05, 4.69) is 10.2 Å². The SMILES string of the molecule is NCc1cccc(C(=O)N2CCN(c3ccccc3/C=C3\SC(=O)NC3=O)CC2)c1. The Balaban J connectivity index is 1.47. The lowest BCUT2D eigenvalue weighted by atomic mass is 10.1. The van der Waals surface area contributed by atoms with Crippen LogP contribution in [-0.2, 0) is 11.3 Å². The molecule has 7 nitrogen and oxygen atoms in total. The number of hydrogen-bond donors (Lipinski definition) is 2. The molecule has 2 aliphatic rings. The van der Waals surface area contributed by atoms with Gasteiger partial charge in [0, 0.05) is 44.0 Å². The molecule has 0 saturated carbocycles. The van der Waals surface area contributed by atoms with Gasteiger partial charge in [-0.2, -0.15) is 0 Å². The van der Waals surface area contributed by atoms with Crippen LogP contribution in [0.5, 0.6) is 0 Å². The summed E-state index contributed by atoms with van der Waals surface area (Å²) in [6, 6.07) is 15.2. The van der Waals surface area contributed by atoms with Crippen LogP contribution in [0, 0.1) is 0 Å². The zero-order valence-electron chi connectivity index (χ0n) is 16.3. The third-order valence-electron chi connectivity index (χ3n) is 5.18. The van der Waals surface area contributed by atoms with Crippen molar-refractivity contribution in [3.63, 3.8) is 0 Å². The summed E-state index contributed by atoms with van der Waals surface area (Å²) in [6.07, 6.45) is 1.75. The van der Waals surface area contributed by atoms with Gasteiger partial charge in [0.2, 0.25) is 0 Å². The summed E-state index contributed by atoms with van der Waals surface area (Å²) < 4.78 is 0. The molecule has 0 bridgehead atoms. The molecule has 2 aromatic carbocycles. The molecule has 0 radical (unpaired) electrons. The molecule has 2 aliphatic heterocycles. The highest BCUT2D eigenvalue weighted by molar-refractivity contribution is 8.18. The van der Waals surface area contributed by atoms with Crippen LogP contribution in [0.1, 0.15) is 21.5 Å². The number of carbonyl (C=O) groups is 3. The van der Waals surface area contributed by atoms with Crippen molar-refractivity contribution < 1.29 is 14.4 Å². The lowest BCUT2D eigenvalue weighted by Crippen LogP contribution is -2.49. The van der Waals surface area contributed by atoms with Gasteiger partial charge in [0.15, 0.2) is 0 Å². The molecule has 2 aromatic rings. The summed E-state index contributed by atoms with van der Waals surface area (Å²) in [5, 5.41) is 1.93. The van der Waals surface area contributed by atoms with Crippen molar-refractivity contribution in [2.75, 3.05) is 31.1 Å². The average molecular weight is 423 g/mol. The van der Waals surface area contributed by atoms with Gasteiger partial charge in [-0.15, -0.1) is 0 Å². The molecule has 0 aliphatic carbocycles. The molecule has 3 N–H and O–H groups in total. The molecule has 154 valence electrons. The predicted octanol–water partition coefficient (Wildman–Crippen LogP) is 2.43. The number of anilines is 1. The lowest BCUT2D eigenvalue weighted by molar-refractivity contribution is -0.115. The average Bonchev–Trinajstić information content (AvgIpc) is 3.10. The predicted molar refractivity (Wildman–Crippen MR) is 118 cm³/mol. The number of amides is 3. The Labute approximate surface area is 178 Å². The molecule has 3 amide bonds. The number of piperazine rings is 1. The minimum absolute atomic E-state index is 0.0119. The molecule has 8 heteroatoms. The number of rotatable bonds is 4. The van der Waals surface area contributed by atoms with Crippen LogP contribution < -0.4 is 16.0 Å². The Kier molecular flexibility index (Phi) is 5.87. The molecule has 0 aromatic heterocycles. The van der Waals surface area contributed by atoms with Gasteiger partial charge >= 0.3 is 0 Å². The van der Waals surface area contributed by atoms with E-state index >= 15 is 0 Å². The highest BCUT2D eigenvalue weighted by Gasteiger charge is 2.27. The molecular weight excluding hydrogens is 400 g/mol. The zero-order chi connectivity index (χ0) is 21.1. The van der Waals surface area contributed by atoms with Gasteiger partial charge in [0.1, 0.15) is 0 Å². The van der Waals surface area contributed by atoms with E-state index in [9.17, 15) is 14.4 Å². The van der Waals surface area contributed by atoms with E-state index in [1.165, 1.54) is 0 Å². The Morgan fingerprint density at radius 3 is 2.53 bits per heavy atom. The summed E-state index contributed by atoms with van der Waals surface area (Å²) in [7, 11) is 0. The Bertz CT molecular complexity index is 1030. The maximum Gasteiger partial charge on any atom is 0.290 e. The van der Waals surface area contributed by atoms with Crippen LogP contribution in [0.2, 0.25) is 0 Å². The van der Waals surface area contributed by atoms with E-state index in [-0.39, 0.29) is 17.1 Å². The first-order chi connectivity index (χ1) is 14.5. The number of benzene rings is 2. The van der Waals surface area contributed by atoms with Crippen LogP contribution in [0.3, 0.4) is 0 Å². The molecule has 0 spiro atoms. The van der Waals surface area contributed by atoms with Crippen molar-refractivity contribution in [2.24, 2.45) is 5.73 Å². The lowest BCUT2D eigenvalue weighted by Gasteiger charge is -2.37. The van der Waals surface area contributed by atoms with Gasteiger partial charge in [0.05, 0.1) is 4.91 Å². The molecule has 2 heterocycles. The number of para-hydroxylation sites is 1. The smallest absolute Gasteiger partial charge is 0.290 e. The van der Waals surface area contributed by atoms with Crippen molar-refractivity contribution in [1.29, 1.82) is 0 Å². The van der Waals surface area contributed by atoms with Gasteiger partial charge in [-0.1, -0.05) is 30.3 Å². The van der Waals surface area contributed by atoms with Crippen molar-refractivity contribution in [3.05, 3.63) is 70.1 Å². The number of nitrogens with two attached hydrogens (primary N) is 1. The summed E-state index contributed by atoms with van der Waals surface area (Å²) in [5.41, 5.74) is 9.14. The number of carbonyl (C=O) groups excluding carboxylic acids is 3. The van der Waals surface area contributed by atoms with Gasteiger partial charge < -0.3 is 15.5 Å². The molecular formula is C22H22N4O3S. The third-order valence-corrected chi connectivity index (χ3v) is 5.99. The standard InChI is InChI=1S/C22H22N4O3S/c23-14-15-4-3-6-17(12-15)21(28)26-10-8-25(9-11-26)18-7-2-1-5-16(18)13-19-20(27)24-22(29)30-19/h1-7,12-13H,8-11,14,23H2,(H,24,27,29)/b19-13-. The van der Waals surface area contributed by atoms with Gasteiger partial charge in [-0.05, 0) is 47.2 Å². The minimum Gasteiger partial charge on any atom is -0.367 e. The largest absolute Gasteiger partial charge is 0.367 e. The Morgan fingerprint density at radius 1 is 1.07 bits per heavy atom. The Morgan fingerprint density at radius 2 is 1.83 bits per heavy atom. The van der Waals surface area contributed by atoms with Crippen molar-refractivity contribution >= 4 is 40.6 Å². The third kappa shape index (κ3) is 4.24. The minimum atomic E-state index is -0.366. The van der Waals surface area contributed by atoms with E-state index in [1.807, 2.05) is 53.4 Å². The van der Waals surface area contributed by atoms with Gasteiger partial charge in [0.25, 0.3) is 17.1 Å². The summed E-state index contributed by atoms with van der Waals surface area (Å²) in [5.74, 6) is -0.354. The van der Waals surface area contributed by atoms with Crippen molar-refractivity contribution in [2.45, 2.75) is 6.54 Å². The Hall–Kier alpha value is -3.10.